The highest BCUT2D eigenvalue weighted by Crippen LogP contribution is 2.29. The molecule has 0 spiro atoms. The maximum atomic E-state index is 13.0. The summed E-state index contributed by atoms with van der Waals surface area (Å²) >= 11 is 6.39. The van der Waals surface area contributed by atoms with Crippen LogP contribution in [0.1, 0.15) is 43.0 Å². The van der Waals surface area contributed by atoms with Gasteiger partial charge in [0.25, 0.3) is 5.91 Å². The molecule has 1 aliphatic rings. The zero-order chi connectivity index (χ0) is 19.5. The van der Waals surface area contributed by atoms with Crippen molar-refractivity contribution in [2.75, 3.05) is 0 Å². The minimum absolute atomic E-state index is 0.239. The molecular formula is C23H22ClN3O. The number of hydrogen-bond acceptors (Lipinski definition) is 3. The quantitative estimate of drug-likeness (QED) is 0.569. The van der Waals surface area contributed by atoms with E-state index >= 15 is 0 Å². The van der Waals surface area contributed by atoms with E-state index in [-0.39, 0.29) is 5.91 Å². The Morgan fingerprint density at radius 3 is 2.75 bits per heavy atom. The van der Waals surface area contributed by atoms with Gasteiger partial charge in [-0.15, -0.1) is 0 Å². The average molecular weight is 392 g/mol. The van der Waals surface area contributed by atoms with E-state index in [0.717, 1.165) is 35.9 Å². The number of benzene rings is 2. The molecule has 1 aliphatic carbocycles. The van der Waals surface area contributed by atoms with E-state index in [0.29, 0.717) is 27.7 Å². The first-order chi connectivity index (χ1) is 13.6. The molecule has 3 aromatic rings. The molecule has 0 aliphatic heterocycles. The minimum Gasteiger partial charge on any atom is -0.267 e. The van der Waals surface area contributed by atoms with Crippen LogP contribution >= 0.6 is 11.6 Å². The highest BCUT2D eigenvalue weighted by molar-refractivity contribution is 6.35. The molecule has 4 rings (SSSR count). The number of pyridine rings is 1. The Hall–Kier alpha value is -2.72. The van der Waals surface area contributed by atoms with Crippen molar-refractivity contribution in [2.24, 2.45) is 11.0 Å². The largest absolute Gasteiger partial charge is 0.272 e. The van der Waals surface area contributed by atoms with Crippen LogP contribution < -0.4 is 5.43 Å². The predicted octanol–water partition coefficient (Wildman–Crippen LogP) is 5.85. The molecule has 0 bridgehead atoms. The molecule has 2 aromatic carbocycles. The molecule has 28 heavy (non-hydrogen) atoms. The van der Waals surface area contributed by atoms with Gasteiger partial charge in [-0.25, -0.2) is 10.4 Å². The molecule has 1 aromatic heterocycles. The molecule has 1 unspecified atom stereocenters. The number of hydrogen-bond donors (Lipinski definition) is 1. The highest BCUT2D eigenvalue weighted by Gasteiger charge is 2.18. The molecule has 1 fully saturated rings. The van der Waals surface area contributed by atoms with Gasteiger partial charge in [0.05, 0.1) is 21.8 Å². The fourth-order valence-corrected chi connectivity index (χ4v) is 3.89. The molecule has 142 valence electrons. The van der Waals surface area contributed by atoms with Crippen molar-refractivity contribution < 1.29 is 4.79 Å². The molecule has 4 nitrogen and oxygen atoms in total. The lowest BCUT2D eigenvalue weighted by atomic mass is 9.89. The van der Waals surface area contributed by atoms with Gasteiger partial charge in [0.1, 0.15) is 0 Å². The third-order valence-electron chi connectivity index (χ3n) is 5.29. The lowest BCUT2D eigenvalue weighted by Crippen LogP contribution is -2.24. The van der Waals surface area contributed by atoms with Gasteiger partial charge < -0.3 is 0 Å². The smallest absolute Gasteiger partial charge is 0.267 e. The first-order valence-corrected chi connectivity index (χ1v) is 10.0. The van der Waals surface area contributed by atoms with Crippen LogP contribution in [0.4, 0.5) is 0 Å². The second-order valence-corrected chi connectivity index (χ2v) is 7.66. The fraction of sp³-hybridized carbons (Fsp3) is 0.261. The molecule has 1 heterocycles. The van der Waals surface area contributed by atoms with E-state index in [4.69, 9.17) is 16.6 Å². The molecule has 1 saturated carbocycles. The van der Waals surface area contributed by atoms with Crippen molar-refractivity contribution in [1.82, 2.24) is 10.4 Å². The summed E-state index contributed by atoms with van der Waals surface area (Å²) in [7, 11) is 0. The summed E-state index contributed by atoms with van der Waals surface area (Å²) in [4.78, 5) is 17.7. The van der Waals surface area contributed by atoms with Crippen molar-refractivity contribution in [3.63, 3.8) is 0 Å². The number of nitrogens with zero attached hydrogens (tertiary/aromatic N) is 2. The number of carbonyl (C=O) groups is 1. The Kier molecular flexibility index (Phi) is 5.40. The van der Waals surface area contributed by atoms with Crippen LogP contribution in [0.25, 0.3) is 22.2 Å². The zero-order valence-electron chi connectivity index (χ0n) is 15.8. The maximum Gasteiger partial charge on any atom is 0.272 e. The van der Waals surface area contributed by atoms with Gasteiger partial charge in [0.15, 0.2) is 0 Å². The standard InChI is InChI=1S/C23H22ClN3O/c1-15-8-5-6-13-20(15)26-27-23(28)18-14-21(16-9-3-2-4-10-16)25-22-17(18)11-7-12-19(22)24/h2-4,7,9-12,14-15H,5-6,8,13H2,1H3,(H,27,28). The zero-order valence-corrected chi connectivity index (χ0v) is 16.5. The summed E-state index contributed by atoms with van der Waals surface area (Å²) in [5, 5.41) is 5.68. The fourth-order valence-electron chi connectivity index (χ4n) is 3.68. The first kappa shape index (κ1) is 18.6. The van der Waals surface area contributed by atoms with Gasteiger partial charge in [-0.3, -0.25) is 4.79 Å². The van der Waals surface area contributed by atoms with E-state index in [1.807, 2.05) is 48.5 Å². The highest BCUT2D eigenvalue weighted by atomic mass is 35.5. The van der Waals surface area contributed by atoms with Crippen LogP contribution in [0.5, 0.6) is 0 Å². The summed E-state index contributed by atoms with van der Waals surface area (Å²) in [6.45, 7) is 2.17. The van der Waals surface area contributed by atoms with Gasteiger partial charge >= 0.3 is 0 Å². The SMILES string of the molecule is CC1CCCCC1=NNC(=O)c1cc(-c2ccccc2)nc2c(Cl)cccc12. The molecular weight excluding hydrogens is 370 g/mol. The predicted molar refractivity (Wildman–Crippen MR) is 115 cm³/mol. The molecule has 0 radical (unpaired) electrons. The first-order valence-electron chi connectivity index (χ1n) is 9.65. The van der Waals surface area contributed by atoms with Crippen LogP contribution in [0.3, 0.4) is 0 Å². The number of fused-ring (bicyclic) bond motifs is 1. The van der Waals surface area contributed by atoms with Crippen molar-refractivity contribution in [3.8, 4) is 11.3 Å². The number of para-hydroxylation sites is 1. The Morgan fingerprint density at radius 2 is 1.96 bits per heavy atom. The van der Waals surface area contributed by atoms with Crippen molar-refractivity contribution >= 4 is 34.1 Å². The molecule has 1 N–H and O–H groups in total. The molecule has 1 atom stereocenters. The van der Waals surface area contributed by atoms with Gasteiger partial charge in [-0.1, -0.05) is 67.4 Å². The van der Waals surface area contributed by atoms with E-state index in [9.17, 15) is 4.79 Å². The Bertz CT molecular complexity index is 1050. The second-order valence-electron chi connectivity index (χ2n) is 7.25. The number of amides is 1. The summed E-state index contributed by atoms with van der Waals surface area (Å²) in [5.74, 6) is 0.176. The van der Waals surface area contributed by atoms with E-state index in [1.165, 1.54) is 6.42 Å². The van der Waals surface area contributed by atoms with Crippen molar-refractivity contribution in [2.45, 2.75) is 32.6 Å². The summed E-state index contributed by atoms with van der Waals surface area (Å²) in [6, 6.07) is 17.1. The van der Waals surface area contributed by atoms with Crippen LogP contribution in [0, 0.1) is 5.92 Å². The topological polar surface area (TPSA) is 54.4 Å². The van der Waals surface area contributed by atoms with Crippen molar-refractivity contribution in [3.05, 3.63) is 65.2 Å². The monoisotopic (exact) mass is 391 g/mol. The Balaban J connectivity index is 1.75. The average Bonchev–Trinajstić information content (AvgIpc) is 2.73. The minimum atomic E-state index is -0.239. The lowest BCUT2D eigenvalue weighted by molar-refractivity contribution is 0.0956. The number of hydrazone groups is 1. The summed E-state index contributed by atoms with van der Waals surface area (Å²) in [5.41, 5.74) is 6.63. The van der Waals surface area contributed by atoms with Crippen LogP contribution in [-0.2, 0) is 0 Å². The third kappa shape index (κ3) is 3.78. The number of carbonyl (C=O) groups excluding carboxylic acids is 1. The van der Waals surface area contributed by atoms with E-state index < -0.39 is 0 Å². The van der Waals surface area contributed by atoms with Crippen LogP contribution in [-0.4, -0.2) is 16.6 Å². The maximum absolute atomic E-state index is 13.0. The normalized spacial score (nSPS) is 18.4. The molecule has 5 heteroatoms. The molecule has 1 amide bonds. The lowest BCUT2D eigenvalue weighted by Gasteiger charge is -2.20. The van der Waals surface area contributed by atoms with Gasteiger partial charge in [0, 0.05) is 16.7 Å². The van der Waals surface area contributed by atoms with E-state index in [2.05, 4.69) is 17.5 Å². The number of halogens is 1. The van der Waals surface area contributed by atoms with Gasteiger partial charge in [0.2, 0.25) is 0 Å². The second kappa shape index (κ2) is 8.11. The third-order valence-corrected chi connectivity index (χ3v) is 5.60. The Morgan fingerprint density at radius 1 is 1.14 bits per heavy atom. The number of nitrogens with one attached hydrogen (secondary N) is 1. The van der Waals surface area contributed by atoms with Crippen LogP contribution in [0.15, 0.2) is 59.7 Å². The number of aromatic nitrogens is 1. The molecule has 0 saturated heterocycles. The van der Waals surface area contributed by atoms with Crippen molar-refractivity contribution in [1.29, 1.82) is 0 Å². The summed E-state index contributed by atoms with van der Waals surface area (Å²) < 4.78 is 0. The Labute approximate surface area is 169 Å². The van der Waals surface area contributed by atoms with E-state index in [1.54, 1.807) is 6.07 Å². The van der Waals surface area contributed by atoms with Gasteiger partial charge in [-0.2, -0.15) is 5.10 Å². The summed E-state index contributed by atoms with van der Waals surface area (Å²) in [6.07, 6.45) is 4.42. The number of rotatable bonds is 3. The van der Waals surface area contributed by atoms with Crippen LogP contribution in [0.2, 0.25) is 5.02 Å². The van der Waals surface area contributed by atoms with Gasteiger partial charge in [-0.05, 0) is 37.3 Å².